The molecule has 0 unspecified atom stereocenters. The highest BCUT2D eigenvalue weighted by atomic mass is 16.2. The molecule has 0 aliphatic carbocycles. The zero-order valence-electron chi connectivity index (χ0n) is 7.10. The first kappa shape index (κ1) is 8.87. The van der Waals surface area contributed by atoms with E-state index >= 15 is 0 Å². The van der Waals surface area contributed by atoms with Gasteiger partial charge in [-0.1, -0.05) is 5.11 Å². The molecule has 1 saturated heterocycles. The molecule has 0 spiro atoms. The largest absolute Gasteiger partial charge is 0.340 e. The molecule has 1 rings (SSSR count). The second kappa shape index (κ2) is 3.97. The summed E-state index contributed by atoms with van der Waals surface area (Å²) in [6, 6.07) is 0.137. The Kier molecular flexibility index (Phi) is 2.94. The minimum absolute atomic E-state index is 0.137. The van der Waals surface area contributed by atoms with Crippen LogP contribution in [0, 0.1) is 0 Å². The molecule has 5 nitrogen and oxygen atoms in total. The molecule has 1 atom stereocenters. The minimum Gasteiger partial charge on any atom is -0.340 e. The van der Waals surface area contributed by atoms with Crippen LogP contribution in [0.5, 0.6) is 0 Å². The number of carbonyl (C=O) groups excluding carboxylic acids is 1. The minimum atomic E-state index is 0.137. The summed E-state index contributed by atoms with van der Waals surface area (Å²) in [7, 11) is 0. The molecule has 12 heavy (non-hydrogen) atoms. The van der Waals surface area contributed by atoms with Crippen molar-refractivity contribution >= 4 is 5.91 Å². The topological polar surface area (TPSA) is 69.1 Å². The summed E-state index contributed by atoms with van der Waals surface area (Å²) in [5.74, 6) is 0.177. The van der Waals surface area contributed by atoms with E-state index in [1.54, 1.807) is 4.90 Å². The molecule has 1 fully saturated rings. The van der Waals surface area contributed by atoms with Gasteiger partial charge < -0.3 is 4.90 Å². The summed E-state index contributed by atoms with van der Waals surface area (Å²) < 4.78 is 0. The molecule has 0 bridgehead atoms. The number of amides is 1. The number of hydrogen-bond donors (Lipinski definition) is 0. The van der Waals surface area contributed by atoms with Crippen LogP contribution in [0.25, 0.3) is 10.4 Å². The highest BCUT2D eigenvalue weighted by molar-refractivity contribution is 5.78. The Balaban J connectivity index is 2.53. The monoisotopic (exact) mass is 168 g/mol. The van der Waals surface area contributed by atoms with Crippen molar-refractivity contribution in [2.75, 3.05) is 13.1 Å². The molecule has 1 amide bonds. The van der Waals surface area contributed by atoms with Gasteiger partial charge in [-0.25, -0.2) is 0 Å². The van der Waals surface area contributed by atoms with Crippen molar-refractivity contribution < 1.29 is 4.79 Å². The van der Waals surface area contributed by atoms with E-state index in [-0.39, 0.29) is 11.9 Å². The molecule has 1 aliphatic heterocycles. The Morgan fingerprint density at radius 1 is 1.83 bits per heavy atom. The lowest BCUT2D eigenvalue weighted by molar-refractivity contribution is -0.128. The lowest BCUT2D eigenvalue weighted by atomic mass is 10.2. The third-order valence-corrected chi connectivity index (χ3v) is 2.15. The standard InChI is InChI=1S/C7H12N4O/c1-2-11-6(5-9-10-8)3-4-7(11)12/h6H,2-5H2,1H3/t6-/m0/s1. The van der Waals surface area contributed by atoms with Gasteiger partial charge in [-0.2, -0.15) is 0 Å². The van der Waals surface area contributed by atoms with Crippen LogP contribution < -0.4 is 0 Å². The number of likely N-dealkylation sites (N-methyl/N-ethyl adjacent to an activating group) is 1. The fourth-order valence-corrected chi connectivity index (χ4v) is 1.55. The summed E-state index contributed by atoms with van der Waals surface area (Å²) in [6.45, 7) is 3.06. The number of likely N-dealkylation sites (tertiary alicyclic amines) is 1. The van der Waals surface area contributed by atoms with Gasteiger partial charge in [0.2, 0.25) is 5.91 Å². The average Bonchev–Trinajstić information content (AvgIpc) is 2.43. The van der Waals surface area contributed by atoms with Gasteiger partial charge in [0.05, 0.1) is 0 Å². The van der Waals surface area contributed by atoms with Crippen LogP contribution in [0.2, 0.25) is 0 Å². The maximum absolute atomic E-state index is 11.2. The molecule has 0 saturated carbocycles. The fourth-order valence-electron chi connectivity index (χ4n) is 1.55. The molecular formula is C7H12N4O. The van der Waals surface area contributed by atoms with Gasteiger partial charge >= 0.3 is 0 Å². The van der Waals surface area contributed by atoms with E-state index in [2.05, 4.69) is 10.0 Å². The fraction of sp³-hybridized carbons (Fsp3) is 0.857. The SMILES string of the molecule is CCN1C(=O)CC[C@H]1CN=[N+]=[N-]. The molecule has 0 aromatic carbocycles. The highest BCUT2D eigenvalue weighted by Gasteiger charge is 2.28. The molecule has 0 radical (unpaired) electrons. The second-order valence-corrected chi connectivity index (χ2v) is 2.79. The van der Waals surface area contributed by atoms with Gasteiger partial charge in [0, 0.05) is 30.5 Å². The predicted molar refractivity (Wildman–Crippen MR) is 44.4 cm³/mol. The zero-order chi connectivity index (χ0) is 8.97. The van der Waals surface area contributed by atoms with Crippen LogP contribution >= 0.6 is 0 Å². The van der Waals surface area contributed by atoms with Gasteiger partial charge in [-0.3, -0.25) is 4.79 Å². The molecular weight excluding hydrogens is 156 g/mol. The van der Waals surface area contributed by atoms with E-state index in [9.17, 15) is 4.79 Å². The first-order valence-electron chi connectivity index (χ1n) is 4.10. The Hall–Kier alpha value is -1.22. The third kappa shape index (κ3) is 1.68. The van der Waals surface area contributed by atoms with Gasteiger partial charge in [-0.15, -0.1) is 0 Å². The van der Waals surface area contributed by atoms with Crippen molar-refractivity contribution in [3.05, 3.63) is 10.4 Å². The molecule has 0 aromatic rings. The summed E-state index contributed by atoms with van der Waals surface area (Å²) in [4.78, 5) is 15.6. The lowest BCUT2D eigenvalue weighted by Crippen LogP contribution is -2.34. The molecule has 1 heterocycles. The van der Waals surface area contributed by atoms with Crippen LogP contribution in [-0.2, 0) is 4.79 Å². The van der Waals surface area contributed by atoms with Crippen LogP contribution in [0.3, 0.4) is 0 Å². The molecule has 5 heteroatoms. The molecule has 1 aliphatic rings. The van der Waals surface area contributed by atoms with Gasteiger partial charge in [0.1, 0.15) is 0 Å². The van der Waals surface area contributed by atoms with Crippen molar-refractivity contribution in [1.82, 2.24) is 4.90 Å². The van der Waals surface area contributed by atoms with Crippen LogP contribution in [0.4, 0.5) is 0 Å². The quantitative estimate of drug-likeness (QED) is 0.356. The number of hydrogen-bond acceptors (Lipinski definition) is 2. The number of carbonyl (C=O) groups is 1. The lowest BCUT2D eigenvalue weighted by Gasteiger charge is -2.20. The number of rotatable bonds is 3. The van der Waals surface area contributed by atoms with Crippen LogP contribution in [0.15, 0.2) is 5.11 Å². The molecule has 0 aromatic heterocycles. The predicted octanol–water partition coefficient (Wildman–Crippen LogP) is 1.31. The first-order valence-corrected chi connectivity index (χ1v) is 4.10. The van der Waals surface area contributed by atoms with E-state index in [0.29, 0.717) is 19.5 Å². The Morgan fingerprint density at radius 3 is 3.17 bits per heavy atom. The Morgan fingerprint density at radius 2 is 2.58 bits per heavy atom. The molecule has 66 valence electrons. The second-order valence-electron chi connectivity index (χ2n) is 2.79. The van der Waals surface area contributed by atoms with Crippen molar-refractivity contribution in [3.63, 3.8) is 0 Å². The zero-order valence-corrected chi connectivity index (χ0v) is 7.10. The van der Waals surface area contributed by atoms with Gasteiger partial charge in [-0.05, 0) is 18.9 Å². The van der Waals surface area contributed by atoms with E-state index in [4.69, 9.17) is 5.53 Å². The maximum Gasteiger partial charge on any atom is 0.222 e. The first-order chi connectivity index (χ1) is 5.79. The maximum atomic E-state index is 11.2. The van der Waals surface area contributed by atoms with Crippen molar-refractivity contribution in [2.45, 2.75) is 25.8 Å². The smallest absolute Gasteiger partial charge is 0.222 e. The van der Waals surface area contributed by atoms with Gasteiger partial charge in [0.15, 0.2) is 0 Å². The van der Waals surface area contributed by atoms with Crippen LogP contribution in [0.1, 0.15) is 19.8 Å². The highest BCUT2D eigenvalue weighted by Crippen LogP contribution is 2.18. The summed E-state index contributed by atoms with van der Waals surface area (Å²) >= 11 is 0. The van der Waals surface area contributed by atoms with E-state index in [1.165, 1.54) is 0 Å². The summed E-state index contributed by atoms with van der Waals surface area (Å²) in [5.41, 5.74) is 8.11. The van der Waals surface area contributed by atoms with Crippen LogP contribution in [-0.4, -0.2) is 29.9 Å². The number of azide groups is 1. The molecule has 0 N–H and O–H groups in total. The Bertz CT molecular complexity index is 221. The van der Waals surface area contributed by atoms with Gasteiger partial charge in [0.25, 0.3) is 0 Å². The van der Waals surface area contributed by atoms with E-state index in [1.807, 2.05) is 6.92 Å². The Labute approximate surface area is 71.0 Å². The normalized spacial score (nSPS) is 22.6. The van der Waals surface area contributed by atoms with Crippen molar-refractivity contribution in [2.24, 2.45) is 5.11 Å². The van der Waals surface area contributed by atoms with Crippen molar-refractivity contribution in [1.29, 1.82) is 0 Å². The van der Waals surface area contributed by atoms with E-state index < -0.39 is 0 Å². The average molecular weight is 168 g/mol. The summed E-state index contributed by atoms with van der Waals surface area (Å²) in [5, 5.41) is 3.47. The summed E-state index contributed by atoms with van der Waals surface area (Å²) in [6.07, 6.45) is 1.42. The third-order valence-electron chi connectivity index (χ3n) is 2.15. The number of nitrogens with zero attached hydrogens (tertiary/aromatic N) is 4. The van der Waals surface area contributed by atoms with Crippen molar-refractivity contribution in [3.8, 4) is 0 Å². The van der Waals surface area contributed by atoms with E-state index in [0.717, 1.165) is 6.42 Å².